The maximum absolute atomic E-state index is 13.0. The molecule has 1 aliphatic rings. The quantitative estimate of drug-likeness (QED) is 0.290. The van der Waals surface area contributed by atoms with Crippen LogP contribution in [0.5, 0.6) is 0 Å². The fourth-order valence-corrected chi connectivity index (χ4v) is 3.79. The van der Waals surface area contributed by atoms with Crippen molar-refractivity contribution in [1.29, 1.82) is 0 Å². The van der Waals surface area contributed by atoms with Crippen molar-refractivity contribution in [3.63, 3.8) is 0 Å². The van der Waals surface area contributed by atoms with Gasteiger partial charge in [-0.05, 0) is 60.2 Å². The number of hydrogen-bond donors (Lipinski definition) is 1. The summed E-state index contributed by atoms with van der Waals surface area (Å²) in [4.78, 5) is 31.2. The molecule has 0 bridgehead atoms. The number of aryl methyl sites for hydroxylation is 1. The van der Waals surface area contributed by atoms with E-state index in [4.69, 9.17) is 16.7 Å². The predicted molar refractivity (Wildman–Crippen MR) is 115 cm³/mol. The number of aromatic nitrogens is 2. The molecule has 0 unspecified atom stereocenters. The van der Waals surface area contributed by atoms with E-state index in [1.165, 1.54) is 0 Å². The van der Waals surface area contributed by atoms with E-state index in [1.54, 1.807) is 29.2 Å². The minimum atomic E-state index is -0.345. The second kappa shape index (κ2) is 8.39. The summed E-state index contributed by atoms with van der Waals surface area (Å²) in [5.41, 5.74) is 3.54. The van der Waals surface area contributed by atoms with Gasteiger partial charge in [0.05, 0.1) is 11.4 Å². The van der Waals surface area contributed by atoms with Crippen LogP contribution in [0.15, 0.2) is 59.1 Å². The van der Waals surface area contributed by atoms with Crippen LogP contribution >= 0.6 is 12.2 Å². The van der Waals surface area contributed by atoms with E-state index in [-0.39, 0.29) is 52.6 Å². The summed E-state index contributed by atoms with van der Waals surface area (Å²) in [6, 6.07) is 17.0. The summed E-state index contributed by atoms with van der Waals surface area (Å²) < 4.78 is 4.89. The summed E-state index contributed by atoms with van der Waals surface area (Å²) in [5.74, 6) is -0.331. The van der Waals surface area contributed by atoms with Crippen LogP contribution in [0.3, 0.4) is 0 Å². The Labute approximate surface area is 204 Å². The first-order valence-electron chi connectivity index (χ1n) is 9.27. The van der Waals surface area contributed by atoms with E-state index >= 15 is 0 Å². The van der Waals surface area contributed by atoms with Crippen LogP contribution in [0.1, 0.15) is 12.0 Å². The molecule has 7 nitrogen and oxygen atoms in total. The number of carbonyl (C=O) groups is 2. The minimum absolute atomic E-state index is 0. The van der Waals surface area contributed by atoms with E-state index in [1.807, 2.05) is 37.3 Å². The normalized spacial score (nSPS) is 13.4. The van der Waals surface area contributed by atoms with Gasteiger partial charge < -0.3 is 14.8 Å². The summed E-state index contributed by atoms with van der Waals surface area (Å²) in [6.07, 6.45) is -0.259. The zero-order valence-electron chi connectivity index (χ0n) is 16.9. The average Bonchev–Trinajstić information content (AvgIpc) is 3.10. The van der Waals surface area contributed by atoms with Gasteiger partial charge in [0.15, 0.2) is 4.84 Å². The van der Waals surface area contributed by atoms with E-state index < -0.39 is 0 Å². The van der Waals surface area contributed by atoms with Crippen molar-refractivity contribution in [2.75, 3.05) is 10.2 Å². The molecular weight excluding hydrogens is 423 g/mol. The third-order valence-electron chi connectivity index (χ3n) is 4.99. The molecule has 5 rings (SSSR count). The molecule has 0 saturated carbocycles. The van der Waals surface area contributed by atoms with Gasteiger partial charge in [-0.2, -0.15) is 0 Å². The van der Waals surface area contributed by atoms with Crippen LogP contribution in [0, 0.1) is 11.8 Å². The van der Waals surface area contributed by atoms with Gasteiger partial charge in [0.1, 0.15) is 6.42 Å². The first-order chi connectivity index (χ1) is 14.5. The molecule has 31 heavy (non-hydrogen) atoms. The molecule has 148 valence electrons. The molecule has 0 fully saturated rings. The maximum atomic E-state index is 13.0. The van der Waals surface area contributed by atoms with E-state index in [2.05, 4.69) is 15.5 Å². The molecule has 9 heteroatoms. The molecule has 1 aliphatic heterocycles. The Bertz CT molecular complexity index is 1400. The van der Waals surface area contributed by atoms with Gasteiger partial charge in [-0.15, -0.1) is 0 Å². The molecule has 0 radical (unpaired) electrons. The molecule has 2 amide bonds. The van der Waals surface area contributed by atoms with E-state index in [0.717, 1.165) is 16.3 Å². The molecule has 3 aromatic carbocycles. The zero-order chi connectivity index (χ0) is 20.8. The Hall–Kier alpha value is -2.78. The monoisotopic (exact) mass is 438 g/mol. The number of carbonyl (C=O) groups excluding carboxylic acids is 2. The minimum Gasteiger partial charge on any atom is -0.447 e. The second-order valence-electron chi connectivity index (χ2n) is 7.07. The summed E-state index contributed by atoms with van der Waals surface area (Å²) in [7, 11) is 0. The van der Waals surface area contributed by atoms with E-state index in [9.17, 15) is 9.59 Å². The molecule has 0 spiro atoms. The molecular formula is C22H15N4NaO3S. The second-order valence-corrected chi connectivity index (χ2v) is 7.42. The Morgan fingerprint density at radius 3 is 2.71 bits per heavy atom. The zero-order valence-corrected chi connectivity index (χ0v) is 19.7. The standard InChI is InChI=1S/C22H16N4O3S.Na/c1-12-5-6-13-7-8-17-20(16(13)9-12)23-18(27)11-19(28)26(17)15-4-2-3-14(10-15)21-24-22(30)29-25-21;/h2-10H,11H2,1H3,(H2,23,24,25,27,30);/q;+1/p-1. The molecule has 4 aromatic rings. The number of nitrogens with one attached hydrogen (secondary N) is 1. The van der Waals surface area contributed by atoms with Gasteiger partial charge in [0, 0.05) is 11.1 Å². The first-order valence-corrected chi connectivity index (χ1v) is 9.68. The molecule has 1 aromatic heterocycles. The van der Waals surface area contributed by atoms with Crippen LogP contribution < -0.4 is 44.8 Å². The van der Waals surface area contributed by atoms with Crippen molar-refractivity contribution in [2.24, 2.45) is 0 Å². The Balaban J connectivity index is 0.00000231. The van der Waals surface area contributed by atoms with Gasteiger partial charge in [-0.1, -0.05) is 35.9 Å². The average molecular weight is 438 g/mol. The number of amides is 2. The molecule has 0 saturated heterocycles. The van der Waals surface area contributed by atoms with Crippen LogP contribution in [0.2, 0.25) is 0 Å². The van der Waals surface area contributed by atoms with Crippen LogP contribution in [-0.2, 0) is 9.59 Å². The van der Waals surface area contributed by atoms with Gasteiger partial charge in [0.2, 0.25) is 11.8 Å². The summed E-state index contributed by atoms with van der Waals surface area (Å²) in [5, 5.41) is 8.63. The third-order valence-corrected chi connectivity index (χ3v) is 5.16. The number of nitrogens with zero attached hydrogens (tertiary/aromatic N) is 3. The largest absolute Gasteiger partial charge is 1.00 e. The number of rotatable bonds is 2. The maximum Gasteiger partial charge on any atom is 1.00 e. The van der Waals surface area contributed by atoms with Gasteiger partial charge >= 0.3 is 29.6 Å². The Morgan fingerprint density at radius 1 is 1.13 bits per heavy atom. The number of anilines is 3. The Kier molecular flexibility index (Phi) is 5.81. The number of fused-ring (bicyclic) bond motifs is 3. The topological polar surface area (TPSA) is 89.5 Å². The molecule has 0 atom stereocenters. The molecule has 2 heterocycles. The van der Waals surface area contributed by atoms with Gasteiger partial charge in [-0.25, -0.2) is 0 Å². The van der Waals surface area contributed by atoms with Crippen molar-refractivity contribution < 1.29 is 43.7 Å². The third kappa shape index (κ3) is 3.95. The smallest absolute Gasteiger partial charge is 0.447 e. The molecule has 1 N–H and O–H groups in total. The predicted octanol–water partition coefficient (Wildman–Crippen LogP) is 1.50. The van der Waals surface area contributed by atoms with Crippen molar-refractivity contribution in [1.82, 2.24) is 10.1 Å². The number of hydrogen-bond acceptors (Lipinski definition) is 5. The van der Waals surface area contributed by atoms with Crippen LogP contribution in [-0.4, -0.2) is 17.0 Å². The molecule has 0 aliphatic carbocycles. The SMILES string of the molecule is Cc1ccc2ccc3c(c2c1)NC(=O)CC(=O)N3c1cccc(-c2noc(=S)[n-]2)c1.[Na+]. The van der Waals surface area contributed by atoms with Gasteiger partial charge in [-0.3, -0.25) is 19.6 Å². The van der Waals surface area contributed by atoms with Crippen molar-refractivity contribution in [2.45, 2.75) is 13.3 Å². The first kappa shape index (κ1) is 21.5. The summed E-state index contributed by atoms with van der Waals surface area (Å²) in [6.45, 7) is 1.99. The van der Waals surface area contributed by atoms with Crippen LogP contribution in [0.4, 0.5) is 17.1 Å². The van der Waals surface area contributed by atoms with Crippen molar-refractivity contribution in [3.8, 4) is 11.4 Å². The van der Waals surface area contributed by atoms with E-state index in [0.29, 0.717) is 28.5 Å². The fraction of sp³-hybridized carbons (Fsp3) is 0.0909. The Morgan fingerprint density at radius 2 is 1.94 bits per heavy atom. The van der Waals surface area contributed by atoms with Crippen molar-refractivity contribution >= 4 is 51.9 Å². The van der Waals surface area contributed by atoms with Gasteiger partial charge in [0.25, 0.3) is 0 Å². The van der Waals surface area contributed by atoms with Crippen molar-refractivity contribution in [3.05, 3.63) is 65.0 Å². The fourth-order valence-electron chi connectivity index (χ4n) is 3.67. The number of benzene rings is 3. The van der Waals surface area contributed by atoms with Crippen LogP contribution in [0.25, 0.3) is 22.2 Å². The summed E-state index contributed by atoms with van der Waals surface area (Å²) >= 11 is 4.90.